The highest BCUT2D eigenvalue weighted by molar-refractivity contribution is 5.97. The molecule has 0 atom stereocenters. The summed E-state index contributed by atoms with van der Waals surface area (Å²) in [6.45, 7) is 5.34. The first-order valence-electron chi connectivity index (χ1n) is 7.31. The number of ether oxygens (including phenoxy) is 1. The van der Waals surface area contributed by atoms with Crippen molar-refractivity contribution in [3.8, 4) is 5.75 Å². The van der Waals surface area contributed by atoms with Gasteiger partial charge in [0.15, 0.2) is 17.2 Å². The molecule has 0 aliphatic carbocycles. The van der Waals surface area contributed by atoms with Gasteiger partial charge in [0, 0.05) is 18.0 Å². The van der Waals surface area contributed by atoms with Gasteiger partial charge in [0.2, 0.25) is 0 Å². The van der Waals surface area contributed by atoms with Crippen molar-refractivity contribution in [3.05, 3.63) is 29.7 Å². The summed E-state index contributed by atoms with van der Waals surface area (Å²) in [6, 6.07) is 3.61. The third kappa shape index (κ3) is 3.83. The fraction of sp³-hybridized carbons (Fsp3) is 0.500. The molecule has 0 radical (unpaired) electrons. The molecule has 0 aromatic carbocycles. The van der Waals surface area contributed by atoms with Gasteiger partial charge in [0.1, 0.15) is 5.69 Å². The van der Waals surface area contributed by atoms with Crippen molar-refractivity contribution in [1.29, 1.82) is 0 Å². The molecule has 128 valence electrons. The van der Waals surface area contributed by atoms with E-state index >= 15 is 0 Å². The molecule has 0 spiro atoms. The van der Waals surface area contributed by atoms with E-state index in [0.717, 1.165) is 0 Å². The quantitative estimate of drug-likeness (QED) is 0.752. The van der Waals surface area contributed by atoms with Crippen LogP contribution in [-0.4, -0.2) is 45.2 Å². The van der Waals surface area contributed by atoms with Gasteiger partial charge in [-0.3, -0.25) is 9.20 Å². The van der Waals surface area contributed by atoms with Gasteiger partial charge < -0.3 is 14.9 Å². The summed E-state index contributed by atoms with van der Waals surface area (Å²) in [4.78, 5) is 17.0. The molecule has 2 aromatic heterocycles. The molecule has 0 bridgehead atoms. The minimum absolute atomic E-state index is 0. The lowest BCUT2D eigenvalue weighted by atomic mass is 9.86. The molecular weight excluding hydrogens is 320 g/mol. The van der Waals surface area contributed by atoms with Crippen molar-refractivity contribution >= 4 is 23.8 Å². The highest BCUT2D eigenvalue weighted by Crippen LogP contribution is 2.26. The van der Waals surface area contributed by atoms with Crippen molar-refractivity contribution in [2.75, 3.05) is 19.8 Å². The maximum atomic E-state index is 12.6. The lowest BCUT2D eigenvalue weighted by Gasteiger charge is -2.23. The second kappa shape index (κ2) is 7.77. The molecule has 2 aromatic rings. The van der Waals surface area contributed by atoms with Crippen molar-refractivity contribution in [1.82, 2.24) is 9.38 Å². The molecule has 0 saturated heterocycles. The number of aliphatic hydroxyl groups is 2. The van der Waals surface area contributed by atoms with Crippen LogP contribution in [0.25, 0.3) is 5.65 Å². The molecule has 2 heterocycles. The minimum Gasteiger partial charge on any atom is -0.490 e. The van der Waals surface area contributed by atoms with Crippen molar-refractivity contribution < 1.29 is 19.7 Å². The van der Waals surface area contributed by atoms with Gasteiger partial charge in [-0.1, -0.05) is 6.92 Å². The lowest BCUT2D eigenvalue weighted by molar-refractivity contribution is 0.0538. The number of rotatable bonds is 7. The Labute approximate surface area is 141 Å². The van der Waals surface area contributed by atoms with E-state index in [2.05, 4.69) is 4.98 Å². The Kier molecular flexibility index (Phi) is 6.56. The van der Waals surface area contributed by atoms with Crippen LogP contribution in [0.2, 0.25) is 0 Å². The maximum absolute atomic E-state index is 12.6. The van der Waals surface area contributed by atoms with E-state index in [1.807, 2.05) is 13.0 Å². The van der Waals surface area contributed by atoms with Crippen LogP contribution in [-0.2, 0) is 0 Å². The summed E-state index contributed by atoms with van der Waals surface area (Å²) in [5.74, 6) is 0.462. The molecule has 0 amide bonds. The van der Waals surface area contributed by atoms with E-state index in [1.54, 1.807) is 30.5 Å². The number of hydrogen-bond acceptors (Lipinski definition) is 5. The molecule has 0 unspecified atom stereocenters. The third-order valence-electron chi connectivity index (χ3n) is 3.70. The number of fused-ring (bicyclic) bond motifs is 1. The summed E-state index contributed by atoms with van der Waals surface area (Å²) in [5.41, 5.74) is 0.825. The fourth-order valence-electron chi connectivity index (χ4n) is 2.39. The van der Waals surface area contributed by atoms with Gasteiger partial charge in [-0.2, -0.15) is 0 Å². The molecule has 0 aliphatic heterocycles. The van der Waals surface area contributed by atoms with Gasteiger partial charge in [0.05, 0.1) is 25.5 Å². The summed E-state index contributed by atoms with van der Waals surface area (Å²) in [7, 11) is 0. The first-order valence-corrected chi connectivity index (χ1v) is 7.31. The Morgan fingerprint density at radius 1 is 1.39 bits per heavy atom. The van der Waals surface area contributed by atoms with E-state index in [0.29, 0.717) is 29.4 Å². The topological polar surface area (TPSA) is 84.1 Å². The van der Waals surface area contributed by atoms with E-state index in [9.17, 15) is 15.0 Å². The SMILES string of the molecule is CCOc1cccn2c(C(=O)CC(C)(CO)CO)c(C)nc12.Cl. The zero-order chi connectivity index (χ0) is 16.3. The zero-order valence-electron chi connectivity index (χ0n) is 13.6. The number of hydrogen-bond donors (Lipinski definition) is 2. The van der Waals surface area contributed by atoms with Gasteiger partial charge in [0.25, 0.3) is 0 Å². The smallest absolute Gasteiger partial charge is 0.182 e. The number of pyridine rings is 1. The number of nitrogens with zero attached hydrogens (tertiary/aromatic N) is 2. The van der Waals surface area contributed by atoms with Crippen LogP contribution in [0.1, 0.15) is 36.5 Å². The van der Waals surface area contributed by atoms with Crippen LogP contribution in [0.15, 0.2) is 18.3 Å². The van der Waals surface area contributed by atoms with E-state index in [-0.39, 0.29) is 37.8 Å². The van der Waals surface area contributed by atoms with Crippen molar-refractivity contribution in [2.45, 2.75) is 27.2 Å². The van der Waals surface area contributed by atoms with Crippen LogP contribution in [0.3, 0.4) is 0 Å². The zero-order valence-corrected chi connectivity index (χ0v) is 14.4. The van der Waals surface area contributed by atoms with Gasteiger partial charge in [-0.05, 0) is 26.0 Å². The molecule has 23 heavy (non-hydrogen) atoms. The summed E-state index contributed by atoms with van der Waals surface area (Å²) < 4.78 is 7.24. The van der Waals surface area contributed by atoms with Crippen LogP contribution in [0.4, 0.5) is 0 Å². The highest BCUT2D eigenvalue weighted by Gasteiger charge is 2.29. The Balaban J connectivity index is 0.00000264. The number of aromatic nitrogens is 2. The van der Waals surface area contributed by atoms with Crippen LogP contribution >= 0.6 is 12.4 Å². The average molecular weight is 343 g/mol. The third-order valence-corrected chi connectivity index (χ3v) is 3.70. The minimum atomic E-state index is -0.842. The number of halogens is 1. The Bertz CT molecular complexity index is 680. The normalized spacial score (nSPS) is 11.3. The van der Waals surface area contributed by atoms with Crippen LogP contribution in [0, 0.1) is 12.3 Å². The number of carbonyl (C=O) groups excluding carboxylic acids is 1. The summed E-state index contributed by atoms with van der Waals surface area (Å²) in [5, 5.41) is 18.7. The summed E-state index contributed by atoms with van der Waals surface area (Å²) in [6.07, 6.45) is 1.81. The van der Waals surface area contributed by atoms with Crippen molar-refractivity contribution in [2.24, 2.45) is 5.41 Å². The number of carbonyl (C=O) groups is 1. The monoisotopic (exact) mass is 342 g/mol. The standard InChI is InChI=1S/C16H22N2O4.ClH/c1-4-22-13-6-5-7-18-14(11(2)17-15(13)18)12(21)8-16(3,9-19)10-20;/h5-7,19-20H,4,8-10H2,1-3H3;1H. The van der Waals surface area contributed by atoms with Gasteiger partial charge >= 0.3 is 0 Å². The summed E-state index contributed by atoms with van der Waals surface area (Å²) >= 11 is 0. The van der Waals surface area contributed by atoms with E-state index in [4.69, 9.17) is 4.74 Å². The number of ketones is 1. The molecule has 2 N–H and O–H groups in total. The molecule has 0 saturated carbocycles. The first kappa shape index (κ1) is 19.4. The molecular formula is C16H23ClN2O4. The Hall–Kier alpha value is -1.63. The maximum Gasteiger partial charge on any atom is 0.182 e. The molecule has 7 heteroatoms. The highest BCUT2D eigenvalue weighted by atomic mass is 35.5. The molecule has 0 fully saturated rings. The fourth-order valence-corrected chi connectivity index (χ4v) is 2.39. The van der Waals surface area contributed by atoms with Crippen molar-refractivity contribution in [3.63, 3.8) is 0 Å². The molecule has 2 rings (SSSR count). The Morgan fingerprint density at radius 3 is 2.61 bits per heavy atom. The van der Waals surface area contributed by atoms with E-state index in [1.165, 1.54) is 0 Å². The van der Waals surface area contributed by atoms with Crippen LogP contribution in [0.5, 0.6) is 5.75 Å². The second-order valence-electron chi connectivity index (χ2n) is 5.77. The Morgan fingerprint density at radius 2 is 2.04 bits per heavy atom. The van der Waals surface area contributed by atoms with Gasteiger partial charge in [-0.25, -0.2) is 4.98 Å². The average Bonchev–Trinajstić information content (AvgIpc) is 2.84. The van der Waals surface area contributed by atoms with Crippen LogP contribution < -0.4 is 4.74 Å². The largest absolute Gasteiger partial charge is 0.490 e. The molecule has 6 nitrogen and oxygen atoms in total. The predicted molar refractivity (Wildman–Crippen MR) is 89.6 cm³/mol. The molecule has 0 aliphatic rings. The number of Topliss-reactive ketones (excluding diaryl/α,β-unsaturated/α-hetero) is 1. The van der Waals surface area contributed by atoms with E-state index < -0.39 is 5.41 Å². The number of aliphatic hydroxyl groups excluding tert-OH is 2. The second-order valence-corrected chi connectivity index (χ2v) is 5.77. The number of imidazole rings is 1. The lowest BCUT2D eigenvalue weighted by Crippen LogP contribution is -2.29. The predicted octanol–water partition coefficient (Wildman–Crippen LogP) is 2.03. The first-order chi connectivity index (χ1) is 10.5. The van der Waals surface area contributed by atoms with Gasteiger partial charge in [-0.15, -0.1) is 12.4 Å². The number of aryl methyl sites for hydroxylation is 1.